The molecule has 4 saturated carbocycles. The van der Waals surface area contributed by atoms with Crippen LogP contribution in [0, 0.1) is 21.7 Å². The molecule has 0 aromatic carbocycles. The van der Waals surface area contributed by atoms with Crippen LogP contribution >= 0.6 is 0 Å². The molecule has 4 aliphatic carbocycles. The first-order valence-electron chi connectivity index (χ1n) is 9.21. The molecule has 0 unspecified atom stereocenters. The van der Waals surface area contributed by atoms with E-state index >= 15 is 52.7 Å². The van der Waals surface area contributed by atoms with Crippen molar-refractivity contribution in [1.29, 1.82) is 0 Å². The van der Waals surface area contributed by atoms with Gasteiger partial charge in [-0.1, -0.05) is 0 Å². The summed E-state index contributed by atoms with van der Waals surface area (Å²) in [4.78, 5) is 3.45. The molecule has 28 heteroatoms. The van der Waals surface area contributed by atoms with Crippen LogP contribution in [0.1, 0.15) is 0 Å². The number of hydrogen-bond donors (Lipinski definition) is 0. The van der Waals surface area contributed by atoms with Crippen molar-refractivity contribution in [2.75, 3.05) is 0 Å². The Bertz CT molecular complexity index is 893. The topological polar surface area (TPSA) is 36.9 Å². The Morgan fingerprint density at radius 2 is 0.357 bits per heavy atom. The zero-order valence-corrected chi connectivity index (χ0v) is 17.7. The fraction of sp³-hybridized carbons (Fsp3) is 1.00. The van der Waals surface area contributed by atoms with E-state index in [1.54, 1.807) is 0 Å². The van der Waals surface area contributed by atoms with Gasteiger partial charge in [0.15, 0.2) is 0 Å². The molecule has 0 N–H and O–H groups in total. The summed E-state index contributed by atoms with van der Waals surface area (Å²) in [5.74, 6) is -57.2. The maximum absolute atomic E-state index is 15.4. The standard InChI is InChI=1S/C14F24O4/c15-5(16)1(11(27,28)39-35)6(17,18)3(13(31,32)41-37)8(21,22)2(5,12(29,30)40-36)9(23,24)4(7(1,19)20,10(3,25)26)14(33,34)42-38. The number of halogens is 24. The Morgan fingerprint density at radius 3 is 0.429 bits per heavy atom. The largest absolute Gasteiger partial charge is 0.409 e. The monoisotopic (exact) mass is 688 g/mol. The van der Waals surface area contributed by atoms with Crippen LogP contribution in [-0.2, 0) is 19.8 Å². The molecule has 0 saturated heterocycles. The number of hydrogen-bond acceptors (Lipinski definition) is 4. The molecule has 4 fully saturated rings. The molecular formula is C14F24O4. The number of alkyl halides is 20. The highest BCUT2D eigenvalue weighted by atomic mass is 19.4. The Morgan fingerprint density at radius 1 is 0.262 bits per heavy atom. The van der Waals surface area contributed by atoms with Crippen LogP contribution in [-0.4, -0.2) is 60.0 Å². The fourth-order valence-electron chi connectivity index (χ4n) is 6.48. The molecule has 0 heterocycles. The lowest BCUT2D eigenvalue weighted by Crippen LogP contribution is -3.09. The molecule has 0 aliphatic heterocycles. The van der Waals surface area contributed by atoms with Crippen molar-refractivity contribution in [1.82, 2.24) is 0 Å². The Hall–Kier alpha value is -1.84. The van der Waals surface area contributed by atoms with E-state index in [-0.39, 0.29) is 0 Å². The normalized spacial score (nSPS) is 39.4. The van der Waals surface area contributed by atoms with Gasteiger partial charge in [-0.15, -0.1) is 19.8 Å². The molecule has 0 atom stereocenters. The van der Waals surface area contributed by atoms with Gasteiger partial charge in [-0.05, 0) is 18.1 Å². The highest BCUT2D eigenvalue weighted by Crippen LogP contribution is 3.01. The van der Waals surface area contributed by atoms with Gasteiger partial charge in [0.25, 0.3) is 57.2 Å². The van der Waals surface area contributed by atoms with E-state index in [0.717, 1.165) is 19.8 Å². The molecule has 0 aromatic heterocycles. The minimum absolute atomic E-state index is 0.861. The first-order chi connectivity index (χ1) is 18.2. The molecule has 0 spiro atoms. The Balaban J connectivity index is 3.15. The zero-order chi connectivity index (χ0) is 33.8. The summed E-state index contributed by atoms with van der Waals surface area (Å²) in [5, 5.41) is 0. The van der Waals surface area contributed by atoms with Crippen LogP contribution in [0.2, 0.25) is 0 Å². The van der Waals surface area contributed by atoms with E-state index < -0.39 is 81.6 Å². The maximum atomic E-state index is 15.4. The van der Waals surface area contributed by atoms with Gasteiger partial charge in [0.05, 0.1) is 0 Å². The molecule has 0 radical (unpaired) electrons. The van der Waals surface area contributed by atoms with Crippen LogP contribution in [0.4, 0.5) is 106 Å². The second-order valence-corrected chi connectivity index (χ2v) is 8.82. The van der Waals surface area contributed by atoms with E-state index in [2.05, 4.69) is 0 Å². The average molecular weight is 688 g/mol. The third-order valence-electron chi connectivity index (χ3n) is 7.79. The third-order valence-corrected chi connectivity index (χ3v) is 7.79. The second kappa shape index (κ2) is 7.68. The van der Waals surface area contributed by atoms with Gasteiger partial charge in [-0.25, -0.2) is 52.7 Å². The lowest BCUT2D eigenvalue weighted by Gasteiger charge is -2.80. The molecule has 0 amide bonds. The minimum Gasteiger partial charge on any atom is -0.204 e. The summed E-state index contributed by atoms with van der Waals surface area (Å²) in [6.45, 7) is 0. The summed E-state index contributed by atoms with van der Waals surface area (Å²) in [6, 6.07) is 0. The molecular weight excluding hydrogens is 688 g/mol. The van der Waals surface area contributed by atoms with E-state index in [1.165, 1.54) is 0 Å². The molecule has 4 rings (SSSR count). The minimum atomic E-state index is -9.53. The smallest absolute Gasteiger partial charge is 0.204 e. The summed E-state index contributed by atoms with van der Waals surface area (Å²) >= 11 is 0. The van der Waals surface area contributed by atoms with Crippen LogP contribution in [0.15, 0.2) is 0 Å². The van der Waals surface area contributed by atoms with E-state index in [1.807, 2.05) is 0 Å². The predicted octanol–water partition coefficient (Wildman–Crippen LogP) is 7.76. The third kappa shape index (κ3) is 2.22. The van der Waals surface area contributed by atoms with Crippen LogP contribution in [0.5, 0.6) is 0 Å². The Labute approximate surface area is 208 Å². The molecule has 0 aromatic rings. The van der Waals surface area contributed by atoms with Crippen molar-refractivity contribution >= 4 is 0 Å². The average Bonchev–Trinajstić information content (AvgIpc) is 2.74. The second-order valence-electron chi connectivity index (χ2n) is 8.82. The van der Waals surface area contributed by atoms with Gasteiger partial charge in [-0.3, -0.25) is 0 Å². The first-order valence-corrected chi connectivity index (χ1v) is 9.21. The first kappa shape index (κ1) is 34.6. The van der Waals surface area contributed by atoms with Gasteiger partial charge in [-0.2, -0.15) is 35.1 Å². The van der Waals surface area contributed by atoms with Crippen molar-refractivity contribution < 1.29 is 126 Å². The van der Waals surface area contributed by atoms with Gasteiger partial charge in [0, 0.05) is 0 Å². The summed E-state index contributed by atoms with van der Waals surface area (Å²) in [6.07, 6.45) is -35.3. The highest BCUT2D eigenvalue weighted by molar-refractivity contribution is 5.52. The highest BCUT2D eigenvalue weighted by Gasteiger charge is 3.29. The van der Waals surface area contributed by atoms with Crippen LogP contribution < -0.4 is 0 Å². The predicted molar refractivity (Wildman–Crippen MR) is 68.0 cm³/mol. The lowest BCUT2D eigenvalue weighted by molar-refractivity contribution is -0.725. The van der Waals surface area contributed by atoms with Crippen LogP contribution in [0.3, 0.4) is 0 Å². The van der Waals surface area contributed by atoms with E-state index in [0.29, 0.717) is 0 Å². The maximum Gasteiger partial charge on any atom is 0.409 e. The molecule has 42 heavy (non-hydrogen) atoms. The molecule has 4 bridgehead atoms. The summed E-state index contributed by atoms with van der Waals surface area (Å²) in [7, 11) is 0. The fourth-order valence-corrected chi connectivity index (χ4v) is 6.48. The molecule has 4 aliphatic rings. The number of rotatable bonds is 8. The SMILES string of the molecule is FOC(F)(F)C12C(F)(F)C3(C(F)(F)OF)C(F)(F)C(C(F)(F)OF)(C1(F)F)C(F)(F)C(C(F)(F)OF)(C2(F)F)C3(F)F. The quantitative estimate of drug-likeness (QED) is 0.245. The van der Waals surface area contributed by atoms with E-state index in [9.17, 15) is 53.2 Å². The Kier molecular flexibility index (Phi) is 6.34. The van der Waals surface area contributed by atoms with Crippen molar-refractivity contribution in [2.24, 2.45) is 21.7 Å². The van der Waals surface area contributed by atoms with Crippen molar-refractivity contribution in [2.45, 2.75) is 60.0 Å². The summed E-state index contributed by atoms with van der Waals surface area (Å²) < 4.78 is 351. The lowest BCUT2D eigenvalue weighted by atomic mass is 9.25. The van der Waals surface area contributed by atoms with Crippen molar-refractivity contribution in [3.63, 3.8) is 0 Å². The van der Waals surface area contributed by atoms with Gasteiger partial charge >= 0.3 is 24.4 Å². The zero-order valence-electron chi connectivity index (χ0n) is 17.7. The summed E-state index contributed by atoms with van der Waals surface area (Å²) in [5.41, 5.74) is -38.0. The van der Waals surface area contributed by atoms with E-state index in [4.69, 9.17) is 0 Å². The van der Waals surface area contributed by atoms with Crippen molar-refractivity contribution in [3.05, 3.63) is 0 Å². The van der Waals surface area contributed by atoms with Crippen LogP contribution in [0.25, 0.3) is 0 Å². The van der Waals surface area contributed by atoms with Gasteiger partial charge < -0.3 is 0 Å². The van der Waals surface area contributed by atoms with Crippen molar-refractivity contribution in [3.8, 4) is 0 Å². The van der Waals surface area contributed by atoms with Gasteiger partial charge in [0.2, 0.25) is 0 Å². The molecule has 248 valence electrons. The molecule has 4 nitrogen and oxygen atoms in total. The van der Waals surface area contributed by atoms with Gasteiger partial charge in [0.1, 0.15) is 0 Å².